The lowest BCUT2D eigenvalue weighted by Crippen LogP contribution is -2.06. The van der Waals surface area contributed by atoms with Crippen LogP contribution in [0, 0.1) is 12.7 Å². The number of aromatic nitrogens is 5. The predicted octanol–water partition coefficient (Wildman–Crippen LogP) is 4.32. The minimum atomic E-state index is -0.382. The second kappa shape index (κ2) is 7.81. The van der Waals surface area contributed by atoms with Gasteiger partial charge in [-0.05, 0) is 48.9 Å². The zero-order chi connectivity index (χ0) is 22.2. The second-order valence-electron chi connectivity index (χ2n) is 7.45. The van der Waals surface area contributed by atoms with Crippen LogP contribution in [0.25, 0.3) is 33.3 Å². The van der Waals surface area contributed by atoms with Crippen LogP contribution in [0.4, 0.5) is 4.39 Å². The maximum absolute atomic E-state index is 14.7. The van der Waals surface area contributed by atoms with Gasteiger partial charge in [-0.15, -0.1) is 5.10 Å². The first-order valence-corrected chi connectivity index (χ1v) is 9.96. The van der Waals surface area contributed by atoms with E-state index in [9.17, 15) is 9.18 Å². The molecule has 0 saturated heterocycles. The summed E-state index contributed by atoms with van der Waals surface area (Å²) in [6.45, 7) is 2.03. The molecule has 3 aromatic heterocycles. The van der Waals surface area contributed by atoms with E-state index in [-0.39, 0.29) is 18.3 Å². The number of rotatable bonds is 4. The van der Waals surface area contributed by atoms with Crippen molar-refractivity contribution < 1.29 is 13.9 Å². The molecule has 5 aromatic rings. The molecule has 5 rings (SSSR count). The van der Waals surface area contributed by atoms with Crippen molar-refractivity contribution in [3.63, 3.8) is 0 Å². The maximum atomic E-state index is 14.7. The molecule has 0 aliphatic heterocycles. The van der Waals surface area contributed by atoms with E-state index < -0.39 is 0 Å². The number of methoxy groups -OCH3 is 1. The molecule has 8 heteroatoms. The van der Waals surface area contributed by atoms with Crippen LogP contribution in [0.1, 0.15) is 21.5 Å². The van der Waals surface area contributed by atoms with Crippen LogP contribution >= 0.6 is 0 Å². The number of pyridine rings is 2. The minimum Gasteiger partial charge on any atom is -0.465 e. The topological polar surface area (TPSA) is 82.8 Å². The Hall–Kier alpha value is -4.20. The van der Waals surface area contributed by atoms with E-state index in [1.807, 2.05) is 43.3 Å². The van der Waals surface area contributed by atoms with Crippen molar-refractivity contribution in [3.05, 3.63) is 83.3 Å². The Bertz CT molecular complexity index is 1500. The monoisotopic (exact) mass is 427 g/mol. The van der Waals surface area contributed by atoms with Gasteiger partial charge >= 0.3 is 5.97 Å². The number of fused-ring (bicyclic) bond motifs is 2. The zero-order valence-corrected chi connectivity index (χ0v) is 17.4. The van der Waals surface area contributed by atoms with Crippen LogP contribution in [-0.4, -0.2) is 38.0 Å². The van der Waals surface area contributed by atoms with Gasteiger partial charge in [0.15, 0.2) is 5.65 Å². The third kappa shape index (κ3) is 3.45. The van der Waals surface area contributed by atoms with Crippen LogP contribution in [0.2, 0.25) is 0 Å². The van der Waals surface area contributed by atoms with Gasteiger partial charge in [-0.3, -0.25) is 4.98 Å². The SMILES string of the molecule is COC(=O)c1ccc(-c2ccc3nnn(Cc4cc5cccnc5cc4F)c3n2)cc1C. The van der Waals surface area contributed by atoms with Gasteiger partial charge < -0.3 is 4.74 Å². The average Bonchev–Trinajstić information content (AvgIpc) is 3.21. The van der Waals surface area contributed by atoms with Gasteiger partial charge in [0.05, 0.1) is 30.4 Å². The van der Waals surface area contributed by atoms with E-state index in [2.05, 4.69) is 15.3 Å². The smallest absolute Gasteiger partial charge is 0.338 e. The highest BCUT2D eigenvalue weighted by molar-refractivity contribution is 5.91. The molecule has 3 heterocycles. The summed E-state index contributed by atoms with van der Waals surface area (Å²) in [5.74, 6) is -0.739. The number of hydrogen-bond acceptors (Lipinski definition) is 6. The molecule has 0 atom stereocenters. The zero-order valence-electron chi connectivity index (χ0n) is 17.4. The first-order valence-electron chi connectivity index (χ1n) is 9.96. The summed E-state index contributed by atoms with van der Waals surface area (Å²) in [6.07, 6.45) is 1.64. The lowest BCUT2D eigenvalue weighted by Gasteiger charge is -2.08. The molecule has 0 amide bonds. The molecule has 0 radical (unpaired) electrons. The first-order chi connectivity index (χ1) is 15.5. The van der Waals surface area contributed by atoms with Crippen LogP contribution in [0.3, 0.4) is 0 Å². The summed E-state index contributed by atoms with van der Waals surface area (Å²) in [5, 5.41) is 9.19. The Morgan fingerprint density at radius 1 is 1.09 bits per heavy atom. The predicted molar refractivity (Wildman–Crippen MR) is 118 cm³/mol. The quantitative estimate of drug-likeness (QED) is 0.397. The van der Waals surface area contributed by atoms with E-state index in [0.717, 1.165) is 16.5 Å². The molecule has 0 saturated carbocycles. The molecular weight excluding hydrogens is 409 g/mol. The van der Waals surface area contributed by atoms with Crippen LogP contribution in [0.15, 0.2) is 60.8 Å². The van der Waals surface area contributed by atoms with Crippen molar-refractivity contribution in [3.8, 4) is 11.3 Å². The lowest BCUT2D eigenvalue weighted by atomic mass is 10.0. The maximum Gasteiger partial charge on any atom is 0.338 e. The molecule has 0 aliphatic carbocycles. The Balaban J connectivity index is 1.53. The van der Waals surface area contributed by atoms with Gasteiger partial charge in [0, 0.05) is 28.8 Å². The Labute approximate surface area is 182 Å². The van der Waals surface area contributed by atoms with E-state index in [1.54, 1.807) is 23.0 Å². The number of halogens is 1. The van der Waals surface area contributed by atoms with Crippen molar-refractivity contribution in [2.45, 2.75) is 13.5 Å². The van der Waals surface area contributed by atoms with Crippen LogP contribution in [0.5, 0.6) is 0 Å². The number of benzene rings is 2. The second-order valence-corrected chi connectivity index (χ2v) is 7.45. The highest BCUT2D eigenvalue weighted by Gasteiger charge is 2.14. The van der Waals surface area contributed by atoms with Gasteiger partial charge in [-0.1, -0.05) is 17.3 Å². The normalized spacial score (nSPS) is 11.2. The Morgan fingerprint density at radius 2 is 1.97 bits per heavy atom. The number of ether oxygens (including phenoxy) is 1. The number of aryl methyl sites for hydroxylation is 1. The highest BCUT2D eigenvalue weighted by atomic mass is 19.1. The lowest BCUT2D eigenvalue weighted by molar-refractivity contribution is 0.0600. The summed E-state index contributed by atoms with van der Waals surface area (Å²) in [4.78, 5) is 20.8. The Kier molecular flexibility index (Phi) is 4.82. The molecule has 0 fully saturated rings. The van der Waals surface area contributed by atoms with E-state index in [1.165, 1.54) is 13.2 Å². The Morgan fingerprint density at radius 3 is 2.78 bits per heavy atom. The summed E-state index contributed by atoms with van der Waals surface area (Å²) in [5.41, 5.74) is 5.06. The fourth-order valence-corrected chi connectivity index (χ4v) is 3.71. The van der Waals surface area contributed by atoms with Crippen LogP contribution < -0.4 is 0 Å². The summed E-state index contributed by atoms with van der Waals surface area (Å²) in [6, 6.07) is 16.0. The van der Waals surface area contributed by atoms with Gasteiger partial charge in [0.2, 0.25) is 0 Å². The third-order valence-corrected chi connectivity index (χ3v) is 5.38. The highest BCUT2D eigenvalue weighted by Crippen LogP contribution is 2.24. The summed E-state index contributed by atoms with van der Waals surface area (Å²) >= 11 is 0. The number of carbonyl (C=O) groups is 1. The standard InChI is InChI=1S/C24H18FN5O2/c1-14-10-16(5-6-18(14)24(31)32-2)20-7-8-21-23(27-20)30(29-28-21)13-17-11-15-4-3-9-26-22(15)12-19(17)25/h3-12H,13H2,1-2H3. The number of nitrogens with zero attached hydrogens (tertiary/aromatic N) is 5. The van der Waals surface area contributed by atoms with E-state index in [0.29, 0.717) is 33.5 Å². The van der Waals surface area contributed by atoms with Crippen molar-refractivity contribution in [1.82, 2.24) is 25.0 Å². The minimum absolute atomic E-state index is 0.184. The van der Waals surface area contributed by atoms with Gasteiger partial charge in [-0.25, -0.2) is 18.9 Å². The molecule has 7 nitrogen and oxygen atoms in total. The number of carbonyl (C=O) groups excluding carboxylic acids is 1. The molecule has 0 bridgehead atoms. The van der Waals surface area contributed by atoms with Crippen molar-refractivity contribution in [1.29, 1.82) is 0 Å². The number of esters is 1. The van der Waals surface area contributed by atoms with Crippen molar-refractivity contribution in [2.24, 2.45) is 0 Å². The molecule has 0 N–H and O–H groups in total. The molecule has 0 unspecified atom stereocenters. The first kappa shape index (κ1) is 19.7. The third-order valence-electron chi connectivity index (χ3n) is 5.38. The summed E-state index contributed by atoms with van der Waals surface area (Å²) in [7, 11) is 1.36. The summed E-state index contributed by atoms with van der Waals surface area (Å²) < 4.78 is 21.1. The van der Waals surface area contributed by atoms with Gasteiger partial charge in [-0.2, -0.15) is 0 Å². The molecular formula is C24H18FN5O2. The molecule has 158 valence electrons. The van der Waals surface area contributed by atoms with Crippen LogP contribution in [-0.2, 0) is 11.3 Å². The van der Waals surface area contributed by atoms with E-state index in [4.69, 9.17) is 9.72 Å². The number of hydrogen-bond donors (Lipinski definition) is 0. The molecule has 0 spiro atoms. The largest absolute Gasteiger partial charge is 0.465 e. The van der Waals surface area contributed by atoms with Gasteiger partial charge in [0.25, 0.3) is 0 Å². The molecule has 32 heavy (non-hydrogen) atoms. The molecule has 0 aliphatic rings. The fourth-order valence-electron chi connectivity index (χ4n) is 3.71. The molecule has 2 aromatic carbocycles. The van der Waals surface area contributed by atoms with Crippen molar-refractivity contribution >= 4 is 28.0 Å². The van der Waals surface area contributed by atoms with Crippen molar-refractivity contribution in [2.75, 3.05) is 7.11 Å². The average molecular weight is 427 g/mol. The fraction of sp³-hybridized carbons (Fsp3) is 0.125. The van der Waals surface area contributed by atoms with Gasteiger partial charge in [0.1, 0.15) is 11.3 Å². The van der Waals surface area contributed by atoms with E-state index >= 15 is 0 Å².